The highest BCUT2D eigenvalue weighted by Gasteiger charge is 2.24. The molecular formula is C45H32N6. The van der Waals surface area contributed by atoms with E-state index in [-0.39, 0.29) is 0 Å². The Bertz CT molecular complexity index is 2270. The van der Waals surface area contributed by atoms with Gasteiger partial charge in [-0.25, -0.2) is 4.98 Å². The van der Waals surface area contributed by atoms with E-state index in [1.165, 1.54) is 0 Å². The Morgan fingerprint density at radius 2 is 0.549 bits per heavy atom. The standard InChI is InChI=1S/C45H32N6/c1-5-16-33(17-6-1)43-46-44(34-18-7-2-8-19-34)48-45(47-43)51-41-28-14-26-39(31-41)49(35-20-9-3-10-21-35)37-24-13-25-38(30-37)50(36-22-11-4-12-23-36)40-27-15-29-42(51)32-40/h1-32H. The molecule has 0 N–H and O–H groups in total. The van der Waals surface area contributed by atoms with Crippen molar-refractivity contribution >= 4 is 51.4 Å². The van der Waals surface area contributed by atoms with E-state index in [9.17, 15) is 0 Å². The summed E-state index contributed by atoms with van der Waals surface area (Å²) < 4.78 is 0. The summed E-state index contributed by atoms with van der Waals surface area (Å²) in [7, 11) is 0. The lowest BCUT2D eigenvalue weighted by molar-refractivity contribution is 1.02. The van der Waals surface area contributed by atoms with Crippen molar-refractivity contribution in [1.29, 1.82) is 0 Å². The van der Waals surface area contributed by atoms with Crippen LogP contribution in [0.3, 0.4) is 0 Å². The van der Waals surface area contributed by atoms with Crippen LogP contribution in [-0.4, -0.2) is 15.0 Å². The number of fused-ring (bicyclic) bond motifs is 6. The molecule has 242 valence electrons. The van der Waals surface area contributed by atoms with Gasteiger partial charge in [0.15, 0.2) is 11.6 Å². The van der Waals surface area contributed by atoms with Crippen molar-refractivity contribution < 1.29 is 0 Å². The first kappa shape index (κ1) is 30.0. The van der Waals surface area contributed by atoms with Crippen molar-refractivity contribution in [3.63, 3.8) is 0 Å². The average molecular weight is 657 g/mol. The van der Waals surface area contributed by atoms with Crippen LogP contribution in [0.15, 0.2) is 194 Å². The third-order valence-corrected chi connectivity index (χ3v) is 8.95. The van der Waals surface area contributed by atoms with Gasteiger partial charge in [-0.3, -0.25) is 4.90 Å². The Labute approximate surface area is 297 Å². The maximum atomic E-state index is 5.18. The summed E-state index contributed by atoms with van der Waals surface area (Å²) in [6.07, 6.45) is 0. The van der Waals surface area contributed by atoms with Crippen LogP contribution in [0.4, 0.5) is 51.4 Å². The zero-order valence-corrected chi connectivity index (χ0v) is 27.7. The monoisotopic (exact) mass is 656 g/mol. The molecule has 0 unspecified atom stereocenters. The van der Waals surface area contributed by atoms with Gasteiger partial charge in [-0.2, -0.15) is 9.97 Å². The van der Waals surface area contributed by atoms with Crippen LogP contribution in [0, 0.1) is 0 Å². The van der Waals surface area contributed by atoms with Gasteiger partial charge in [-0.1, -0.05) is 115 Å². The van der Waals surface area contributed by atoms with Crippen molar-refractivity contribution in [2.24, 2.45) is 0 Å². The molecule has 1 aliphatic rings. The molecule has 9 rings (SSSR count). The second kappa shape index (κ2) is 13.1. The third-order valence-electron chi connectivity index (χ3n) is 8.95. The lowest BCUT2D eigenvalue weighted by Crippen LogP contribution is -2.18. The van der Waals surface area contributed by atoms with Gasteiger partial charge in [-0.15, -0.1) is 0 Å². The van der Waals surface area contributed by atoms with Crippen LogP contribution in [0.2, 0.25) is 0 Å². The van der Waals surface area contributed by atoms with E-state index in [1.54, 1.807) is 0 Å². The van der Waals surface area contributed by atoms with Gasteiger partial charge in [0.2, 0.25) is 5.95 Å². The molecule has 8 aromatic rings. The van der Waals surface area contributed by atoms with Crippen molar-refractivity contribution in [3.05, 3.63) is 194 Å². The topological polar surface area (TPSA) is 48.4 Å². The Balaban J connectivity index is 1.34. The van der Waals surface area contributed by atoms with Gasteiger partial charge in [0, 0.05) is 45.3 Å². The minimum atomic E-state index is 0.519. The minimum absolute atomic E-state index is 0.519. The fourth-order valence-electron chi connectivity index (χ4n) is 6.64. The fourth-order valence-corrected chi connectivity index (χ4v) is 6.64. The lowest BCUT2D eigenvalue weighted by Gasteiger charge is -2.32. The van der Waals surface area contributed by atoms with Crippen molar-refractivity contribution in [2.75, 3.05) is 14.7 Å². The van der Waals surface area contributed by atoms with Crippen molar-refractivity contribution in [1.82, 2.24) is 15.0 Å². The van der Waals surface area contributed by atoms with Crippen LogP contribution in [0.5, 0.6) is 0 Å². The van der Waals surface area contributed by atoms with Crippen LogP contribution < -0.4 is 14.7 Å². The summed E-state index contributed by atoms with van der Waals surface area (Å²) in [6, 6.07) is 67.0. The average Bonchev–Trinajstić information content (AvgIpc) is 3.20. The molecule has 6 bridgehead atoms. The molecule has 2 heterocycles. The molecule has 6 nitrogen and oxygen atoms in total. The Morgan fingerprint density at radius 1 is 0.255 bits per heavy atom. The van der Waals surface area contributed by atoms with Gasteiger partial charge < -0.3 is 9.80 Å². The second-order valence-corrected chi connectivity index (χ2v) is 12.3. The molecule has 0 saturated heterocycles. The Morgan fingerprint density at radius 3 is 0.902 bits per heavy atom. The van der Waals surface area contributed by atoms with E-state index in [0.717, 1.165) is 56.6 Å². The Kier molecular flexibility index (Phi) is 7.72. The molecule has 0 spiro atoms. The normalized spacial score (nSPS) is 12.2. The first-order chi connectivity index (χ1) is 25.3. The predicted molar refractivity (Wildman–Crippen MR) is 208 cm³/mol. The molecule has 0 saturated carbocycles. The quantitative estimate of drug-likeness (QED) is 0.184. The summed E-state index contributed by atoms with van der Waals surface area (Å²) >= 11 is 0. The highest BCUT2D eigenvalue weighted by molar-refractivity contribution is 5.88. The number of hydrogen-bond acceptors (Lipinski definition) is 6. The first-order valence-corrected chi connectivity index (χ1v) is 17.0. The van der Waals surface area contributed by atoms with Gasteiger partial charge >= 0.3 is 0 Å². The number of nitrogens with zero attached hydrogens (tertiary/aromatic N) is 6. The van der Waals surface area contributed by atoms with E-state index < -0.39 is 0 Å². The lowest BCUT2D eigenvalue weighted by atomic mass is 10.1. The maximum Gasteiger partial charge on any atom is 0.238 e. The fraction of sp³-hybridized carbons (Fsp3) is 0. The van der Waals surface area contributed by atoms with Crippen LogP contribution in [0.1, 0.15) is 0 Å². The molecule has 7 aromatic carbocycles. The summed E-state index contributed by atoms with van der Waals surface area (Å²) in [6.45, 7) is 0. The van der Waals surface area contributed by atoms with Crippen LogP contribution in [-0.2, 0) is 0 Å². The maximum absolute atomic E-state index is 5.18. The molecule has 6 heteroatoms. The highest BCUT2D eigenvalue weighted by atomic mass is 15.3. The minimum Gasteiger partial charge on any atom is -0.310 e. The van der Waals surface area contributed by atoms with Gasteiger partial charge in [0.25, 0.3) is 0 Å². The zero-order chi connectivity index (χ0) is 34.0. The number of para-hydroxylation sites is 2. The highest BCUT2D eigenvalue weighted by Crippen LogP contribution is 2.45. The second-order valence-electron chi connectivity index (χ2n) is 12.3. The molecule has 0 atom stereocenters. The van der Waals surface area contributed by atoms with Gasteiger partial charge in [0.05, 0.1) is 11.4 Å². The molecule has 1 aromatic heterocycles. The summed E-state index contributed by atoms with van der Waals surface area (Å²) in [5.74, 6) is 1.72. The van der Waals surface area contributed by atoms with Crippen LogP contribution >= 0.6 is 0 Å². The van der Waals surface area contributed by atoms with E-state index in [4.69, 9.17) is 15.0 Å². The van der Waals surface area contributed by atoms with E-state index >= 15 is 0 Å². The molecule has 0 amide bonds. The summed E-state index contributed by atoms with van der Waals surface area (Å²) in [4.78, 5) is 22.1. The summed E-state index contributed by atoms with van der Waals surface area (Å²) in [5, 5.41) is 0. The summed E-state index contributed by atoms with van der Waals surface area (Å²) in [5.41, 5.74) is 9.86. The number of benzene rings is 7. The van der Waals surface area contributed by atoms with Crippen molar-refractivity contribution in [3.8, 4) is 22.8 Å². The zero-order valence-electron chi connectivity index (χ0n) is 27.7. The molecule has 0 radical (unpaired) electrons. The number of aromatic nitrogens is 3. The molecule has 0 fully saturated rings. The smallest absolute Gasteiger partial charge is 0.238 e. The third kappa shape index (κ3) is 5.85. The molecular weight excluding hydrogens is 625 g/mol. The van der Waals surface area contributed by atoms with E-state index in [2.05, 4.69) is 136 Å². The van der Waals surface area contributed by atoms with Gasteiger partial charge in [-0.05, 0) is 78.9 Å². The first-order valence-electron chi connectivity index (χ1n) is 17.0. The largest absolute Gasteiger partial charge is 0.310 e. The number of rotatable bonds is 5. The Hall–Kier alpha value is -7.05. The van der Waals surface area contributed by atoms with Crippen LogP contribution in [0.25, 0.3) is 22.8 Å². The predicted octanol–water partition coefficient (Wildman–Crippen LogP) is 11.9. The SMILES string of the molecule is c1ccc(-c2nc(-c3ccccc3)nc(N3c4cccc(c4)N(c4ccccc4)c4cccc(c4)N(c4ccccc4)c4cccc3c4)n2)cc1. The van der Waals surface area contributed by atoms with E-state index in [1.807, 2.05) is 72.8 Å². The molecule has 51 heavy (non-hydrogen) atoms. The number of anilines is 9. The molecule has 1 aliphatic heterocycles. The van der Waals surface area contributed by atoms with Crippen molar-refractivity contribution in [2.45, 2.75) is 0 Å². The molecule has 0 aliphatic carbocycles. The number of hydrogen-bond donors (Lipinski definition) is 0. The van der Waals surface area contributed by atoms with Gasteiger partial charge in [0.1, 0.15) is 0 Å². The van der Waals surface area contributed by atoms with E-state index in [0.29, 0.717) is 17.6 Å².